The van der Waals surface area contributed by atoms with Crippen LogP contribution in [0.25, 0.3) is 33.8 Å². The van der Waals surface area contributed by atoms with Crippen molar-refractivity contribution in [2.75, 3.05) is 81.4 Å². The summed E-state index contributed by atoms with van der Waals surface area (Å²) in [5, 5.41) is 32.8. The van der Waals surface area contributed by atoms with Gasteiger partial charge < -0.3 is 94.3 Å². The van der Waals surface area contributed by atoms with Crippen LogP contribution in [0.4, 0.5) is 5.13 Å². The third-order valence-electron chi connectivity index (χ3n) is 13.7. The molecule has 0 bridgehead atoms. The van der Waals surface area contributed by atoms with Crippen LogP contribution in [0.1, 0.15) is 128 Å². The molecule has 1 unspecified atom stereocenters. The number of carboxylic acid groups (broad SMARTS) is 3. The number of aromatic nitrogens is 3. The van der Waals surface area contributed by atoms with Crippen molar-refractivity contribution in [2.24, 2.45) is 16.8 Å². The number of carbonyl (C=O) groups is 10. The molecule has 0 amide bonds. The summed E-state index contributed by atoms with van der Waals surface area (Å²) in [5.74, 6) is -4.38. The second-order valence-corrected chi connectivity index (χ2v) is 33.1. The standard InChI is InChI=1S/C13H11BrClNO3S.C13H13ClN2O3S.C12H12BrClO4.C12H13ClO4.C11H7BrClNO3S.C8H7ClO3.C5H8O4.C4H9NO2.CH4N2S.Br2.K/c1-3-19-12(17)11-10(16-13(14)20-11)8-6-7(15)4-5-9(8)18-2;1-3-19-12(17)11-10(16-13(15)20-11)8-6-7(14)4-5-9(8)18-2;1-3-18-12(16)10(13)11(15)8-6-7(14)4-5-9(8)17-2;1-3-17-12(15)7-10(14)9-6-8(13)4-5-11(9)16-2;1-17-7-3-2-5(13)4-6(7)8-9(10(15)16)18-11(12)14-8;1-12-7-3-2-5(9)4-6(7)8(10)11;1-2-9-5(8)3-4(6)7;1-4(2,3)7-5-6;2-1(3)4;1-2;/h4-6H,3H2,1-2H3;4-6H,3H2,1-2H3,(H2,15,16);4-6,10H,3H2,1-2H3;4-6H,3,7H2,1-2H3;2-4H,1H3,(H,15,16);2-4H,1H3,(H,10,11);2-3H2,1H3,(H,6,7);1-3H3;(H4,2,3,4);;/q;;;;;;;;;;+1/p-1. The zero-order valence-electron chi connectivity index (χ0n) is 70.4. The van der Waals surface area contributed by atoms with E-state index in [1.165, 1.54) is 71.2 Å². The van der Waals surface area contributed by atoms with Crippen molar-refractivity contribution in [3.8, 4) is 68.3 Å². The number of rotatable bonds is 27. The van der Waals surface area contributed by atoms with Crippen LogP contribution in [0.15, 0.2) is 122 Å². The predicted molar refractivity (Wildman–Crippen MR) is 508 cm³/mol. The molecule has 9 rings (SSSR count). The SMILES string of the molecule is BrBr.CC(C)(C)ON=O.CCOC(=O)C(Br)C(=O)c1cc(Cl)ccc1OC.CCOC(=O)CC(=O)[O-].CCOC(=O)CC(=O)c1cc(Cl)ccc1OC.CCOC(=O)c1sc(Br)nc1-c1cc(Cl)ccc1OC.CCOC(=O)c1sc(N)nc1-c1cc(Cl)ccc1OC.COc1ccc(Cl)cc1-c1nc(Br)sc1C(=O)O.COc1ccc(Cl)cc1C(=O)O.NC(N)=S.[K+]. The first-order valence-electron chi connectivity index (χ1n) is 35.4. The van der Waals surface area contributed by atoms with Crippen molar-refractivity contribution >= 4 is 261 Å². The van der Waals surface area contributed by atoms with Crippen LogP contribution >= 0.6 is 192 Å². The molecule has 128 heavy (non-hydrogen) atoms. The summed E-state index contributed by atoms with van der Waals surface area (Å²) in [6.45, 7) is 15.0. The molecule has 0 spiro atoms. The number of thiazole rings is 3. The summed E-state index contributed by atoms with van der Waals surface area (Å²) in [7, 11) is 8.90. The minimum atomic E-state index is -1.41. The van der Waals surface area contributed by atoms with Gasteiger partial charge in [-0.2, -0.15) is 0 Å². The van der Waals surface area contributed by atoms with Crippen molar-refractivity contribution in [3.05, 3.63) is 183 Å². The maximum Gasteiger partial charge on any atom is 1.00 e. The molecule has 0 aliphatic heterocycles. The van der Waals surface area contributed by atoms with Gasteiger partial charge >= 0.3 is 93.2 Å². The molecule has 3 aromatic heterocycles. The van der Waals surface area contributed by atoms with Crippen molar-refractivity contribution in [2.45, 2.75) is 78.7 Å². The first-order chi connectivity index (χ1) is 59.8. The molecule has 8 N–H and O–H groups in total. The second-order valence-electron chi connectivity index (χ2n) is 23.6. The Balaban J connectivity index is 0. The molecule has 692 valence electrons. The van der Waals surface area contributed by atoms with E-state index >= 15 is 0 Å². The summed E-state index contributed by atoms with van der Waals surface area (Å²) in [6, 6.07) is 29.0. The number of Topliss-reactive ketones (excluding diaryl/α,β-unsaturated/α-hetero) is 2. The molecule has 9 aromatic rings. The Bertz CT molecular complexity index is 5060. The first-order valence-corrected chi connectivity index (χ1v) is 46.7. The number of hydrogen-bond donors (Lipinski definition) is 5. The van der Waals surface area contributed by atoms with Gasteiger partial charge in [0.15, 0.2) is 39.8 Å². The van der Waals surface area contributed by atoms with Crippen molar-refractivity contribution in [1.29, 1.82) is 0 Å². The van der Waals surface area contributed by atoms with E-state index < -0.39 is 70.4 Å². The van der Waals surface area contributed by atoms with E-state index in [1.807, 2.05) is 0 Å². The van der Waals surface area contributed by atoms with E-state index in [0.29, 0.717) is 123 Å². The number of methoxy groups -OCH3 is 6. The van der Waals surface area contributed by atoms with E-state index in [-0.39, 0.29) is 122 Å². The van der Waals surface area contributed by atoms with Crippen LogP contribution in [-0.4, -0.2) is 176 Å². The molecule has 49 heteroatoms. The minimum absolute atomic E-state index is 0. The monoisotopic (exact) mass is 2320 g/mol. The number of nitrogens with two attached hydrogens (primary N) is 3. The average molecular weight is 2330 g/mol. The number of halogens is 11. The summed E-state index contributed by atoms with van der Waals surface area (Å²) in [4.78, 5) is 138. The minimum Gasteiger partial charge on any atom is -0.550 e. The topological polar surface area (TPSA) is 491 Å². The number of aliphatic carboxylic acids is 1. The van der Waals surface area contributed by atoms with Gasteiger partial charge in [-0.05, 0) is 209 Å². The smallest absolute Gasteiger partial charge is 0.550 e. The Morgan fingerprint density at radius 1 is 0.477 bits per heavy atom. The van der Waals surface area contributed by atoms with Gasteiger partial charge in [-0.15, -0.1) is 4.91 Å². The molecule has 6 aromatic carbocycles. The number of hydrogen-bond acceptors (Lipinski definition) is 33. The summed E-state index contributed by atoms with van der Waals surface area (Å²) >= 11 is 57.6. The third kappa shape index (κ3) is 45.7. The number of carboxylic acids is 3. The summed E-state index contributed by atoms with van der Waals surface area (Å²) in [6.07, 6.45) is -0.974. The van der Waals surface area contributed by atoms with Gasteiger partial charge in [0, 0.05) is 75.1 Å². The summed E-state index contributed by atoms with van der Waals surface area (Å²) in [5.41, 5.74) is 18.2. The Morgan fingerprint density at radius 3 is 1.11 bits per heavy atom. The number of aromatic carboxylic acids is 2. The van der Waals surface area contributed by atoms with Crippen LogP contribution < -0.4 is 102 Å². The van der Waals surface area contributed by atoms with Crippen LogP contribution in [-0.2, 0) is 47.7 Å². The number of nitrogens with zero attached hydrogens (tertiary/aromatic N) is 4. The maximum atomic E-state index is 12.1. The molecular formula is C79H83Br5Cl6KN7O26S4. The normalized spacial score (nSPS) is 9.98. The Morgan fingerprint density at radius 2 is 0.781 bits per heavy atom. The fourth-order valence-electron chi connectivity index (χ4n) is 8.84. The number of benzene rings is 6. The fourth-order valence-corrected chi connectivity index (χ4v) is 13.7. The number of anilines is 1. The van der Waals surface area contributed by atoms with E-state index in [2.05, 4.69) is 130 Å². The molecule has 3 heterocycles. The van der Waals surface area contributed by atoms with Gasteiger partial charge in [-0.25, -0.2) is 34.1 Å². The molecule has 0 aliphatic carbocycles. The Kier molecular flexibility index (Phi) is 63.5. The molecule has 33 nitrogen and oxygen atoms in total. The number of carbonyl (C=O) groups excluding carboxylic acids is 8. The zero-order chi connectivity index (χ0) is 97.1. The quantitative estimate of drug-likeness (QED) is 0.00367. The number of alkyl halides is 1. The van der Waals surface area contributed by atoms with Crippen molar-refractivity contribution in [3.63, 3.8) is 0 Å². The van der Waals surface area contributed by atoms with Gasteiger partial charge in [0.05, 0.1) is 99.2 Å². The number of thiocarbonyl (C=S) groups is 1. The Labute approximate surface area is 866 Å². The number of ketones is 2. The van der Waals surface area contributed by atoms with Gasteiger partial charge in [-0.3, -0.25) is 24.0 Å². The predicted octanol–water partition coefficient (Wildman–Crippen LogP) is 17.0. The molecule has 0 fully saturated rings. The van der Waals surface area contributed by atoms with Crippen molar-refractivity contribution < 1.29 is 172 Å². The first kappa shape index (κ1) is 123. The second kappa shape index (κ2) is 66.2. The van der Waals surface area contributed by atoms with E-state index in [9.17, 15) is 58.0 Å². The largest absolute Gasteiger partial charge is 1.00 e. The molecule has 0 saturated carbocycles. The van der Waals surface area contributed by atoms with Crippen LogP contribution in [0.5, 0.6) is 34.5 Å². The van der Waals surface area contributed by atoms with Crippen LogP contribution in [0.3, 0.4) is 0 Å². The maximum absolute atomic E-state index is 12.1. The van der Waals surface area contributed by atoms with Gasteiger partial charge in [0.1, 0.15) is 83.8 Å². The van der Waals surface area contributed by atoms with Gasteiger partial charge in [0.25, 0.3) is 0 Å². The van der Waals surface area contributed by atoms with Gasteiger partial charge in [0.2, 0.25) is 0 Å². The number of esters is 5. The Hall–Kier alpha value is -7.22. The summed E-state index contributed by atoms with van der Waals surface area (Å²) < 4.78 is 55.6. The van der Waals surface area contributed by atoms with E-state index in [4.69, 9.17) is 133 Å². The van der Waals surface area contributed by atoms with Gasteiger partial charge in [-0.1, -0.05) is 120 Å². The van der Waals surface area contributed by atoms with Crippen LogP contribution in [0.2, 0.25) is 30.1 Å². The molecule has 1 atom stereocenters. The molecule has 0 radical (unpaired) electrons. The molecule has 0 saturated heterocycles. The zero-order valence-corrected chi connectivity index (χ0v) is 89.3. The van der Waals surface area contributed by atoms with E-state index in [1.54, 1.807) is 147 Å². The molecule has 0 aliphatic rings. The van der Waals surface area contributed by atoms with E-state index in [0.717, 1.165) is 22.7 Å². The third-order valence-corrected chi connectivity index (χ3v) is 19.8. The average Bonchev–Trinajstić information content (AvgIpc) is 1.67. The fraction of sp³-hybridized carbons (Fsp3) is 0.291. The number of nitrogen functional groups attached to an aromatic ring is 1. The molecular weight excluding hydrogens is 2240 g/mol. The van der Waals surface area contributed by atoms with Crippen molar-refractivity contribution in [1.82, 2.24) is 15.0 Å². The van der Waals surface area contributed by atoms with Crippen LogP contribution in [0, 0.1) is 4.91 Å². The number of ether oxygens (including phenoxy) is 11.